The Morgan fingerprint density at radius 3 is 1.92 bits per heavy atom. The van der Waals surface area contributed by atoms with Gasteiger partial charge in [0.15, 0.2) is 0 Å². The van der Waals surface area contributed by atoms with Crippen LogP contribution in [0.5, 0.6) is 0 Å². The van der Waals surface area contributed by atoms with Crippen molar-refractivity contribution in [2.45, 2.75) is 73.8 Å². The second-order valence-electron chi connectivity index (χ2n) is 5.76. The van der Waals surface area contributed by atoms with Gasteiger partial charge in [0.2, 0.25) is 5.91 Å². The molecule has 0 spiro atoms. The van der Waals surface area contributed by atoms with Crippen molar-refractivity contribution < 1.29 is 38.3 Å². The zero-order chi connectivity index (χ0) is 20.5. The van der Waals surface area contributed by atoms with Crippen LogP contribution in [0.3, 0.4) is 0 Å². The summed E-state index contributed by atoms with van der Waals surface area (Å²) in [6, 6.07) is 0.400. The Labute approximate surface area is 171 Å². The Balaban J connectivity index is -0.000000104. The van der Waals surface area contributed by atoms with Crippen LogP contribution in [0.25, 0.3) is 0 Å². The molecule has 1 unspecified atom stereocenters. The van der Waals surface area contributed by atoms with Gasteiger partial charge in [0, 0.05) is 23.9 Å². The standard InChI is InChI=1S/C9H15NO4.C3H9N.C3H8.C2H5.Ni.H3P/c1-6(2)10-7(11)9(3)4-13-8(12)14-5-9;1-3(2)4;1-3-2;1-2;;/h6H,4-5H2,1-3H3,(H,10,11);3H,4H2,1-2H3;3H2,1-2H3;1H2,2H3;;1H3/q;;;-1;;/i;;1T;2T;;. The van der Waals surface area contributed by atoms with Crippen LogP contribution in [0.4, 0.5) is 4.79 Å². The topological polar surface area (TPSA) is 90.6 Å². The zero-order valence-electron chi connectivity index (χ0n) is 18.6. The minimum absolute atomic E-state index is 0. The van der Waals surface area contributed by atoms with Crippen LogP contribution in [0.1, 0.15) is 64.5 Å². The average molecular weight is 430 g/mol. The second-order valence-corrected chi connectivity index (χ2v) is 5.76. The maximum Gasteiger partial charge on any atom is 0.508 e. The van der Waals surface area contributed by atoms with Crippen molar-refractivity contribution in [2.24, 2.45) is 11.1 Å². The van der Waals surface area contributed by atoms with E-state index in [-0.39, 0.29) is 58.5 Å². The summed E-state index contributed by atoms with van der Waals surface area (Å²) in [7, 11) is 0. The van der Waals surface area contributed by atoms with Gasteiger partial charge < -0.3 is 27.4 Å². The molecule has 0 aromatic rings. The summed E-state index contributed by atoms with van der Waals surface area (Å²) >= 11 is 0. The summed E-state index contributed by atoms with van der Waals surface area (Å²) in [5.41, 5.74) is 4.35. The fourth-order valence-corrected chi connectivity index (χ4v) is 1.09. The Hall–Kier alpha value is -0.376. The van der Waals surface area contributed by atoms with Crippen molar-refractivity contribution in [1.29, 1.82) is 0 Å². The van der Waals surface area contributed by atoms with E-state index in [4.69, 9.17) is 8.48 Å². The first kappa shape index (κ1) is 29.4. The molecular formula is C17H40N2NiO4P-. The molecule has 0 aromatic heterocycles. The predicted molar refractivity (Wildman–Crippen MR) is 106 cm³/mol. The van der Waals surface area contributed by atoms with Gasteiger partial charge >= 0.3 is 6.16 Å². The third kappa shape index (κ3) is 23.6. The van der Waals surface area contributed by atoms with Crippen LogP contribution in [-0.2, 0) is 30.8 Å². The quantitative estimate of drug-likeness (QED) is 0.304. The molecule has 25 heavy (non-hydrogen) atoms. The van der Waals surface area contributed by atoms with Crippen molar-refractivity contribution >= 4 is 22.0 Å². The predicted octanol–water partition coefficient (Wildman–Crippen LogP) is 3.35. The van der Waals surface area contributed by atoms with Gasteiger partial charge in [-0.25, -0.2) is 4.79 Å². The molecule has 6 nitrogen and oxygen atoms in total. The van der Waals surface area contributed by atoms with Gasteiger partial charge in [-0.3, -0.25) is 4.79 Å². The van der Waals surface area contributed by atoms with Crippen LogP contribution in [-0.4, -0.2) is 37.4 Å². The number of hydrogen-bond donors (Lipinski definition) is 2. The van der Waals surface area contributed by atoms with E-state index in [0.717, 1.165) is 6.42 Å². The van der Waals surface area contributed by atoms with E-state index in [0.29, 0.717) is 12.9 Å². The summed E-state index contributed by atoms with van der Waals surface area (Å²) in [5, 5.41) is 2.76. The molecule has 0 aliphatic carbocycles. The number of nitrogens with two attached hydrogens (primary N) is 1. The first-order valence-corrected chi connectivity index (χ1v) is 7.74. The normalized spacial score (nSPS) is 14.6. The van der Waals surface area contributed by atoms with Gasteiger partial charge in [0.05, 0.1) is 0 Å². The van der Waals surface area contributed by atoms with Gasteiger partial charge in [-0.15, -0.1) is 0 Å². The molecule has 3 N–H and O–H groups in total. The number of cyclic esters (lactones) is 2. The average Bonchev–Trinajstić information content (AvgIpc) is 2.50. The minimum Gasteiger partial charge on any atom is -0.433 e. The van der Waals surface area contributed by atoms with Gasteiger partial charge in [-0.2, -0.15) is 16.8 Å². The van der Waals surface area contributed by atoms with Crippen molar-refractivity contribution in [1.82, 2.24) is 5.32 Å². The molecule has 158 valence electrons. The van der Waals surface area contributed by atoms with Crippen molar-refractivity contribution in [3.63, 3.8) is 0 Å². The number of nitrogens with one attached hydrogen (secondary N) is 1. The third-order valence-corrected chi connectivity index (χ3v) is 1.99. The summed E-state index contributed by atoms with van der Waals surface area (Å²) in [6.45, 7) is 15.5. The van der Waals surface area contributed by atoms with Gasteiger partial charge in [0.25, 0.3) is 0 Å². The summed E-state index contributed by atoms with van der Waals surface area (Å²) in [5.74, 6) is -0.153. The van der Waals surface area contributed by atoms with Gasteiger partial charge in [-0.1, -0.05) is 34.1 Å². The van der Waals surface area contributed by atoms with Crippen LogP contribution in [0.15, 0.2) is 0 Å². The Kier molecular flexibility index (Phi) is 25.5. The van der Waals surface area contributed by atoms with Gasteiger partial charge in [-0.05, 0) is 28.2 Å². The molecule has 8 heteroatoms. The zero-order valence-corrected chi connectivity index (χ0v) is 19.0. The smallest absolute Gasteiger partial charge is 0.433 e. The molecule has 1 fully saturated rings. The fraction of sp³-hybridized carbons (Fsp3) is 0.824. The number of ether oxygens (including phenoxy) is 2. The molecule has 1 atom stereocenters. The van der Waals surface area contributed by atoms with E-state index in [1.807, 2.05) is 34.6 Å². The number of carbonyl (C=O) groups excluding carboxylic acids is 2. The summed E-state index contributed by atoms with van der Waals surface area (Å²) in [6.07, 6.45) is 0.278. The van der Waals surface area contributed by atoms with E-state index in [2.05, 4.69) is 21.7 Å². The molecule has 1 amide bonds. The molecule has 1 heterocycles. The van der Waals surface area contributed by atoms with Crippen molar-refractivity contribution in [2.75, 3.05) is 13.2 Å². The number of rotatable bonds is 2. The minimum atomic E-state index is -0.766. The van der Waals surface area contributed by atoms with E-state index >= 15 is 0 Å². The summed E-state index contributed by atoms with van der Waals surface area (Å²) in [4.78, 5) is 22.3. The molecule has 0 saturated carbocycles. The number of amides is 1. The third-order valence-electron chi connectivity index (χ3n) is 1.99. The molecular weight excluding hydrogens is 386 g/mol. The maximum atomic E-state index is 11.7. The fourth-order valence-electron chi connectivity index (χ4n) is 1.09. The van der Waals surface area contributed by atoms with E-state index in [1.54, 1.807) is 6.92 Å². The van der Waals surface area contributed by atoms with E-state index < -0.39 is 11.6 Å². The maximum absolute atomic E-state index is 11.7. The monoisotopic (exact) mass is 429 g/mol. The van der Waals surface area contributed by atoms with Crippen LogP contribution < -0.4 is 11.1 Å². The second kappa shape index (κ2) is 21.7. The first-order chi connectivity index (χ1) is 11.5. The SMILES string of the molecule is CC(C)N.CC(C)NC(=O)C1(C)COC(=O)OC1.P.[3H]CCC.[3H]C[CH2-].[Ni]. The van der Waals surface area contributed by atoms with Crippen LogP contribution in [0, 0.1) is 12.3 Å². The molecule has 1 rings (SSSR count). The Morgan fingerprint density at radius 1 is 1.36 bits per heavy atom. The molecule has 1 saturated heterocycles. The Bertz CT molecular complexity index is 338. The summed E-state index contributed by atoms with van der Waals surface area (Å²) < 4.78 is 21.9. The van der Waals surface area contributed by atoms with E-state index in [1.165, 1.54) is 0 Å². The number of hydrogen-bond acceptors (Lipinski definition) is 5. The van der Waals surface area contributed by atoms with Crippen molar-refractivity contribution in [3.05, 3.63) is 6.92 Å². The first-order valence-electron chi connectivity index (χ1n) is 9.15. The van der Waals surface area contributed by atoms with Gasteiger partial charge in [0.1, 0.15) is 18.6 Å². The molecule has 0 bridgehead atoms. The molecule has 1 aliphatic rings. The van der Waals surface area contributed by atoms with Crippen molar-refractivity contribution in [3.8, 4) is 0 Å². The van der Waals surface area contributed by atoms with Crippen LogP contribution >= 0.6 is 9.90 Å². The largest absolute Gasteiger partial charge is 0.508 e. The molecule has 1 aliphatic heterocycles. The van der Waals surface area contributed by atoms with Crippen LogP contribution in [0.2, 0.25) is 0 Å². The molecule has 0 radical (unpaired) electrons. The number of carbonyl (C=O) groups is 2. The Morgan fingerprint density at radius 2 is 1.68 bits per heavy atom. The molecule has 0 aromatic carbocycles. The van der Waals surface area contributed by atoms with E-state index in [9.17, 15) is 9.59 Å².